The molecule has 1 N–H and O–H groups in total. The van der Waals surface area contributed by atoms with Crippen molar-refractivity contribution in [1.29, 1.82) is 0 Å². The van der Waals surface area contributed by atoms with Gasteiger partial charge < -0.3 is 4.74 Å². The van der Waals surface area contributed by atoms with Crippen LogP contribution in [0.1, 0.15) is 50.4 Å². The number of carbonyl (C=O) groups is 2. The quantitative estimate of drug-likeness (QED) is 0.316. The molecule has 0 bridgehead atoms. The summed E-state index contributed by atoms with van der Waals surface area (Å²) in [5.41, 5.74) is -2.89. The molecule has 5 nitrogen and oxygen atoms in total. The van der Waals surface area contributed by atoms with E-state index < -0.39 is 71.1 Å². The number of carbonyl (C=O) groups excluding carboxylic acids is 2. The third kappa shape index (κ3) is 6.61. The summed E-state index contributed by atoms with van der Waals surface area (Å²) in [6.07, 6.45) is -4.61. The van der Waals surface area contributed by atoms with Gasteiger partial charge in [0.15, 0.2) is 5.78 Å². The maximum absolute atomic E-state index is 13.5. The number of nitrogens with one attached hydrogen (secondary N) is 1. The van der Waals surface area contributed by atoms with Gasteiger partial charge in [-0.15, -0.1) is 0 Å². The van der Waals surface area contributed by atoms with Crippen LogP contribution >= 0.6 is 11.6 Å². The highest BCUT2D eigenvalue weighted by Crippen LogP contribution is 2.39. The van der Waals surface area contributed by atoms with Gasteiger partial charge in [0.2, 0.25) is 0 Å². The van der Waals surface area contributed by atoms with E-state index in [9.17, 15) is 35.9 Å². The van der Waals surface area contributed by atoms with E-state index in [-0.39, 0.29) is 12.6 Å². The van der Waals surface area contributed by atoms with Crippen LogP contribution in [-0.4, -0.2) is 41.5 Å². The molecule has 0 radical (unpaired) electrons. The van der Waals surface area contributed by atoms with E-state index in [2.05, 4.69) is 5.32 Å². The number of amides is 1. The fourth-order valence-corrected chi connectivity index (χ4v) is 4.78. The van der Waals surface area contributed by atoms with E-state index in [1.807, 2.05) is 0 Å². The van der Waals surface area contributed by atoms with Gasteiger partial charge in [0.25, 0.3) is 0 Å². The number of hydrogen-bond acceptors (Lipinski definition) is 4. The molecule has 0 aromatic heterocycles. The van der Waals surface area contributed by atoms with Crippen LogP contribution in [0.5, 0.6) is 0 Å². The molecule has 4 unspecified atom stereocenters. The Kier molecular flexibility index (Phi) is 8.72. The maximum atomic E-state index is 13.5. The summed E-state index contributed by atoms with van der Waals surface area (Å²) in [6, 6.07) is -1.82. The van der Waals surface area contributed by atoms with Crippen LogP contribution in [0.25, 0.3) is 0 Å². The van der Waals surface area contributed by atoms with Crippen molar-refractivity contribution in [2.45, 2.75) is 64.3 Å². The Hall–Kier alpha value is -2.79. The van der Waals surface area contributed by atoms with Crippen molar-refractivity contribution >= 4 is 23.5 Å². The number of rotatable bonds is 5. The number of fused-ring (bicyclic) bond motifs is 1. The van der Waals surface area contributed by atoms with Crippen LogP contribution in [0.2, 0.25) is 0 Å². The monoisotopic (exact) mass is 564 g/mol. The molecular formula is C26H27ClF6N2O3. The first kappa shape index (κ1) is 29.8. The smallest absolute Gasteiger partial charge is 0.416 e. The molecule has 0 saturated carbocycles. The van der Waals surface area contributed by atoms with Crippen LogP contribution in [0.4, 0.5) is 31.1 Å². The zero-order valence-corrected chi connectivity index (χ0v) is 21.7. The fourth-order valence-electron chi connectivity index (χ4n) is 4.59. The summed E-state index contributed by atoms with van der Waals surface area (Å²) in [6.45, 7) is 6.27. The number of ketones is 1. The summed E-state index contributed by atoms with van der Waals surface area (Å²) in [5.74, 6) is -1.25. The van der Waals surface area contributed by atoms with Crippen molar-refractivity contribution in [3.05, 3.63) is 69.8 Å². The predicted octanol–water partition coefficient (Wildman–Crippen LogP) is 6.80. The van der Waals surface area contributed by atoms with Gasteiger partial charge >= 0.3 is 18.4 Å². The summed E-state index contributed by atoms with van der Waals surface area (Å²) in [5, 5.41) is 3.32. The third-order valence-electron chi connectivity index (χ3n) is 6.33. The zero-order valence-electron chi connectivity index (χ0n) is 21.0. The molecule has 1 aliphatic carbocycles. The van der Waals surface area contributed by atoms with Gasteiger partial charge in [-0.25, -0.2) is 4.79 Å². The molecule has 1 heterocycles. The van der Waals surface area contributed by atoms with Gasteiger partial charge in [0.1, 0.15) is 0 Å². The minimum atomic E-state index is -5.06. The van der Waals surface area contributed by atoms with Gasteiger partial charge in [0, 0.05) is 23.5 Å². The molecule has 0 fully saturated rings. The van der Waals surface area contributed by atoms with Crippen molar-refractivity contribution in [3.8, 4) is 0 Å². The third-order valence-corrected chi connectivity index (χ3v) is 6.75. The lowest BCUT2D eigenvalue weighted by atomic mass is 9.82. The molecule has 1 aromatic carbocycles. The molecule has 12 heteroatoms. The zero-order chi connectivity index (χ0) is 28.6. The number of Topliss-reactive ketones (excluding diaryl/α,β-unsaturated/α-hetero) is 1. The van der Waals surface area contributed by atoms with Crippen molar-refractivity contribution in [2.75, 3.05) is 6.54 Å². The van der Waals surface area contributed by atoms with E-state index >= 15 is 0 Å². The Morgan fingerprint density at radius 3 is 2.13 bits per heavy atom. The van der Waals surface area contributed by atoms with Crippen molar-refractivity contribution < 1.29 is 40.7 Å². The lowest BCUT2D eigenvalue weighted by Gasteiger charge is -2.39. The van der Waals surface area contributed by atoms with Gasteiger partial charge in [-0.3, -0.25) is 15.0 Å². The molecule has 3 rings (SSSR count). The molecule has 208 valence electrons. The highest BCUT2D eigenvalue weighted by Gasteiger charge is 2.42. The molecule has 1 amide bonds. The van der Waals surface area contributed by atoms with Crippen LogP contribution in [0.15, 0.2) is 53.1 Å². The average molecular weight is 565 g/mol. The van der Waals surface area contributed by atoms with E-state index in [4.69, 9.17) is 16.3 Å². The Morgan fingerprint density at radius 2 is 1.63 bits per heavy atom. The Balaban J connectivity index is 2.05. The van der Waals surface area contributed by atoms with Crippen LogP contribution < -0.4 is 5.32 Å². The number of benzene rings is 1. The SMILES string of the molecule is CC(=O)C(NC1C=CCN(C(=O)OC(C)C)C2C(C)=C(Cl)C=CC12)c1cc(C(F)(F)F)cc(C(F)(F)F)c1. The molecule has 1 aliphatic heterocycles. The molecular weight excluding hydrogens is 538 g/mol. The highest BCUT2D eigenvalue weighted by molar-refractivity contribution is 6.31. The second kappa shape index (κ2) is 11.1. The minimum absolute atomic E-state index is 0.0144. The summed E-state index contributed by atoms with van der Waals surface area (Å²) in [4.78, 5) is 26.9. The predicted molar refractivity (Wildman–Crippen MR) is 129 cm³/mol. The van der Waals surface area contributed by atoms with Gasteiger partial charge in [0.05, 0.1) is 29.3 Å². The van der Waals surface area contributed by atoms with Crippen LogP contribution in [0, 0.1) is 5.92 Å². The lowest BCUT2D eigenvalue weighted by molar-refractivity contribution is -0.143. The largest absolute Gasteiger partial charge is 0.447 e. The summed E-state index contributed by atoms with van der Waals surface area (Å²) in [7, 11) is 0. The van der Waals surface area contributed by atoms with Crippen LogP contribution in [-0.2, 0) is 21.9 Å². The lowest BCUT2D eigenvalue weighted by Crippen LogP contribution is -2.51. The van der Waals surface area contributed by atoms with E-state index in [1.165, 1.54) is 4.90 Å². The number of nitrogens with zero attached hydrogens (tertiary/aromatic N) is 1. The van der Waals surface area contributed by atoms with Crippen molar-refractivity contribution in [3.63, 3.8) is 0 Å². The number of ether oxygens (including phenoxy) is 1. The summed E-state index contributed by atoms with van der Waals surface area (Å²) < 4.78 is 86.1. The van der Waals surface area contributed by atoms with Gasteiger partial charge in [-0.05, 0) is 63.1 Å². The normalized spacial score (nSPS) is 22.8. The molecule has 2 aliphatic rings. The Bertz CT molecular complexity index is 1140. The minimum Gasteiger partial charge on any atom is -0.447 e. The molecule has 0 saturated heterocycles. The summed E-state index contributed by atoms with van der Waals surface area (Å²) >= 11 is 6.34. The second-order valence-electron chi connectivity index (χ2n) is 9.50. The van der Waals surface area contributed by atoms with E-state index in [0.717, 1.165) is 6.92 Å². The Morgan fingerprint density at radius 1 is 1.05 bits per heavy atom. The standard InChI is InChI=1S/C26H27ClF6N2O3/c1-13(2)38-24(37)35-9-5-6-21(19-7-8-20(27)14(3)23(19)35)34-22(15(4)36)16-10-17(25(28,29)30)12-18(11-16)26(31,32)33/h5-8,10-13,19,21-23,34H,9H2,1-4H3. The van der Waals surface area contributed by atoms with Gasteiger partial charge in [-0.1, -0.05) is 29.8 Å². The Labute approximate surface area is 221 Å². The first-order chi connectivity index (χ1) is 17.5. The molecule has 4 atom stereocenters. The number of halogens is 7. The molecule has 38 heavy (non-hydrogen) atoms. The average Bonchev–Trinajstić information content (AvgIpc) is 2.97. The number of allylic oxidation sites excluding steroid dienone is 2. The number of hydrogen-bond donors (Lipinski definition) is 1. The molecule has 1 aromatic rings. The first-order valence-electron chi connectivity index (χ1n) is 11.7. The molecule has 0 spiro atoms. The van der Waals surface area contributed by atoms with Crippen molar-refractivity contribution in [1.82, 2.24) is 10.2 Å². The van der Waals surface area contributed by atoms with Crippen molar-refractivity contribution in [2.24, 2.45) is 5.92 Å². The number of alkyl halides is 6. The first-order valence-corrected chi connectivity index (χ1v) is 12.1. The maximum Gasteiger partial charge on any atom is 0.416 e. The van der Waals surface area contributed by atoms with E-state index in [0.29, 0.717) is 22.7 Å². The topological polar surface area (TPSA) is 58.6 Å². The highest BCUT2D eigenvalue weighted by atomic mass is 35.5. The van der Waals surface area contributed by atoms with Crippen LogP contribution in [0.3, 0.4) is 0 Å². The second-order valence-corrected chi connectivity index (χ2v) is 9.91. The van der Waals surface area contributed by atoms with E-state index in [1.54, 1.807) is 45.1 Å². The van der Waals surface area contributed by atoms with Gasteiger partial charge in [-0.2, -0.15) is 26.3 Å². The fraction of sp³-hybridized carbons (Fsp3) is 0.462.